The highest BCUT2D eigenvalue weighted by Gasteiger charge is 2.57. The molecule has 31 heavy (non-hydrogen) atoms. The molecule has 2 aliphatic rings. The van der Waals surface area contributed by atoms with Crippen LogP contribution in [0.5, 0.6) is 11.8 Å². The number of ether oxygens (including phenoxy) is 2. The molecule has 2 aliphatic heterocycles. The summed E-state index contributed by atoms with van der Waals surface area (Å²) < 4.78 is 17.4. The maximum atomic E-state index is 6.79. The van der Waals surface area contributed by atoms with Gasteiger partial charge >= 0.3 is 0 Å². The van der Waals surface area contributed by atoms with Crippen molar-refractivity contribution < 1.29 is 9.47 Å². The Balaban J connectivity index is 1.57. The summed E-state index contributed by atoms with van der Waals surface area (Å²) in [4.78, 5) is 0. The van der Waals surface area contributed by atoms with E-state index in [1.165, 1.54) is 0 Å². The fourth-order valence-electron chi connectivity index (χ4n) is 5.33. The van der Waals surface area contributed by atoms with Crippen LogP contribution in [0.25, 0.3) is 11.4 Å². The molecule has 6 nitrogen and oxygen atoms in total. The van der Waals surface area contributed by atoms with Gasteiger partial charge < -0.3 is 9.47 Å². The van der Waals surface area contributed by atoms with E-state index in [1.54, 1.807) is 0 Å². The first-order chi connectivity index (χ1) is 14.9. The minimum atomic E-state index is -0.578. The molecular formula is C25H24N4O2. The van der Waals surface area contributed by atoms with Crippen LogP contribution in [0.15, 0.2) is 60.7 Å². The van der Waals surface area contributed by atoms with Crippen molar-refractivity contribution in [2.45, 2.75) is 45.3 Å². The molecule has 0 saturated carbocycles. The van der Waals surface area contributed by atoms with Gasteiger partial charge in [0.25, 0.3) is 0 Å². The molecule has 2 aromatic heterocycles. The number of hydrogen-bond donors (Lipinski definition) is 0. The van der Waals surface area contributed by atoms with Gasteiger partial charge in [-0.2, -0.15) is 10.2 Å². The molecule has 2 atom stereocenters. The van der Waals surface area contributed by atoms with Gasteiger partial charge in [-0.25, -0.2) is 9.36 Å². The van der Waals surface area contributed by atoms with E-state index in [2.05, 4.69) is 13.8 Å². The van der Waals surface area contributed by atoms with Crippen LogP contribution in [0.1, 0.15) is 42.8 Å². The van der Waals surface area contributed by atoms with Crippen LogP contribution in [0.2, 0.25) is 0 Å². The van der Waals surface area contributed by atoms with Crippen molar-refractivity contribution in [3.63, 3.8) is 0 Å². The Morgan fingerprint density at radius 1 is 0.677 bits per heavy atom. The maximum absolute atomic E-state index is 6.79. The second-order valence-corrected chi connectivity index (χ2v) is 8.87. The third-order valence-corrected chi connectivity index (χ3v) is 6.41. The Morgan fingerprint density at radius 3 is 1.45 bits per heavy atom. The second-order valence-electron chi connectivity index (χ2n) is 8.87. The lowest BCUT2D eigenvalue weighted by Gasteiger charge is -2.48. The Bertz CT molecular complexity index is 1210. The summed E-state index contributed by atoms with van der Waals surface area (Å²) in [6, 6.07) is 20.2. The fourth-order valence-corrected chi connectivity index (χ4v) is 5.33. The fraction of sp³-hybridized carbons (Fsp3) is 0.280. The van der Waals surface area contributed by atoms with E-state index in [1.807, 2.05) is 83.9 Å². The molecule has 4 aromatic rings. The number of hydrogen-bond acceptors (Lipinski definition) is 4. The number of nitrogens with zero attached hydrogens (tertiary/aromatic N) is 4. The van der Waals surface area contributed by atoms with Crippen molar-refractivity contribution in [3.8, 4) is 23.1 Å². The molecule has 0 spiro atoms. The van der Waals surface area contributed by atoms with E-state index in [4.69, 9.17) is 19.7 Å². The molecule has 2 aromatic carbocycles. The molecule has 4 heterocycles. The number of aryl methyl sites for hydroxylation is 2. The summed E-state index contributed by atoms with van der Waals surface area (Å²) in [6.45, 7) is 8.32. The zero-order chi connectivity index (χ0) is 21.4. The lowest BCUT2D eigenvalue weighted by molar-refractivity contribution is -0.0797. The summed E-state index contributed by atoms with van der Waals surface area (Å²) in [5.41, 5.74) is 4.60. The van der Waals surface area contributed by atoms with Gasteiger partial charge in [-0.1, -0.05) is 36.4 Å². The van der Waals surface area contributed by atoms with Crippen molar-refractivity contribution in [1.29, 1.82) is 0 Å². The van der Waals surface area contributed by atoms with Crippen molar-refractivity contribution in [1.82, 2.24) is 19.6 Å². The number of fused-ring (bicyclic) bond motifs is 6. The third-order valence-electron chi connectivity index (χ3n) is 6.41. The van der Waals surface area contributed by atoms with Gasteiger partial charge in [0, 0.05) is 6.42 Å². The summed E-state index contributed by atoms with van der Waals surface area (Å²) in [7, 11) is 0. The molecule has 2 bridgehead atoms. The highest BCUT2D eigenvalue weighted by Crippen LogP contribution is 2.57. The Labute approximate surface area is 181 Å². The van der Waals surface area contributed by atoms with Crippen LogP contribution in [0.3, 0.4) is 0 Å². The molecule has 0 unspecified atom stereocenters. The van der Waals surface area contributed by atoms with E-state index in [0.29, 0.717) is 6.42 Å². The van der Waals surface area contributed by atoms with Gasteiger partial charge in [-0.15, -0.1) is 0 Å². The number of rotatable bonds is 2. The molecule has 0 fully saturated rings. The average molecular weight is 412 g/mol. The topological polar surface area (TPSA) is 54.1 Å². The predicted molar refractivity (Wildman–Crippen MR) is 117 cm³/mol. The minimum absolute atomic E-state index is 0.578. The van der Waals surface area contributed by atoms with Gasteiger partial charge in [-0.3, -0.25) is 0 Å². The quantitative estimate of drug-likeness (QED) is 0.466. The summed E-state index contributed by atoms with van der Waals surface area (Å²) in [6.07, 6.45) is 0.697. The smallest absolute Gasteiger partial charge is 0.225 e. The van der Waals surface area contributed by atoms with Gasteiger partial charge in [0.15, 0.2) is 0 Å². The molecule has 0 amide bonds. The lowest BCUT2D eigenvalue weighted by atomic mass is 9.76. The van der Waals surface area contributed by atoms with E-state index < -0.39 is 11.2 Å². The predicted octanol–water partition coefficient (Wildman–Crippen LogP) is 4.98. The molecule has 0 N–H and O–H groups in total. The van der Waals surface area contributed by atoms with Crippen LogP contribution in [0, 0.1) is 13.8 Å². The number of benzene rings is 2. The van der Waals surface area contributed by atoms with E-state index in [-0.39, 0.29) is 0 Å². The molecule has 0 aliphatic carbocycles. The average Bonchev–Trinajstić information content (AvgIpc) is 3.26. The molecule has 0 saturated heterocycles. The Kier molecular flexibility index (Phi) is 3.53. The summed E-state index contributed by atoms with van der Waals surface area (Å²) in [5, 5.41) is 9.68. The highest BCUT2D eigenvalue weighted by atomic mass is 16.6. The van der Waals surface area contributed by atoms with Crippen LogP contribution in [0.4, 0.5) is 0 Å². The monoisotopic (exact) mass is 412 g/mol. The van der Waals surface area contributed by atoms with Crippen molar-refractivity contribution in [2.75, 3.05) is 0 Å². The first-order valence-electron chi connectivity index (χ1n) is 10.6. The number of aromatic nitrogens is 4. The third kappa shape index (κ3) is 2.45. The van der Waals surface area contributed by atoms with Crippen molar-refractivity contribution >= 4 is 0 Å². The first kappa shape index (κ1) is 18.2. The second kappa shape index (κ2) is 6.00. The van der Waals surface area contributed by atoms with Gasteiger partial charge in [0.2, 0.25) is 11.8 Å². The molecule has 6 heteroatoms. The SMILES string of the molecule is Cc1nn(-c2ccccc2)c2c1[C@@]1(C)C[C@](C)(O2)c2c(C)nn(-c3ccccc3)c2O1. The van der Waals surface area contributed by atoms with Gasteiger partial charge in [0.1, 0.15) is 11.2 Å². The van der Waals surface area contributed by atoms with Crippen LogP contribution in [-0.4, -0.2) is 19.6 Å². The van der Waals surface area contributed by atoms with Crippen LogP contribution < -0.4 is 9.47 Å². The highest BCUT2D eigenvalue weighted by molar-refractivity contribution is 5.53. The lowest BCUT2D eigenvalue weighted by Crippen LogP contribution is -2.50. The molecule has 0 radical (unpaired) electrons. The molecule has 156 valence electrons. The number of para-hydroxylation sites is 2. The normalized spacial score (nSPS) is 23.5. The maximum Gasteiger partial charge on any atom is 0.225 e. The van der Waals surface area contributed by atoms with Crippen molar-refractivity contribution in [3.05, 3.63) is 83.2 Å². The van der Waals surface area contributed by atoms with E-state index >= 15 is 0 Å². The first-order valence-corrected chi connectivity index (χ1v) is 10.6. The Morgan fingerprint density at radius 2 is 1.06 bits per heavy atom. The largest absolute Gasteiger partial charge is 0.466 e. The van der Waals surface area contributed by atoms with E-state index in [0.717, 1.165) is 45.6 Å². The van der Waals surface area contributed by atoms with Gasteiger partial charge in [0.05, 0.1) is 33.9 Å². The molecule has 6 rings (SSSR count). The molecular weight excluding hydrogens is 388 g/mol. The van der Waals surface area contributed by atoms with E-state index in [9.17, 15) is 0 Å². The zero-order valence-electron chi connectivity index (χ0n) is 18.1. The van der Waals surface area contributed by atoms with Crippen LogP contribution >= 0.6 is 0 Å². The van der Waals surface area contributed by atoms with Crippen LogP contribution in [-0.2, 0) is 11.2 Å². The zero-order valence-corrected chi connectivity index (χ0v) is 18.1. The van der Waals surface area contributed by atoms with Crippen molar-refractivity contribution in [2.24, 2.45) is 0 Å². The Hall–Kier alpha value is -3.54. The van der Waals surface area contributed by atoms with Gasteiger partial charge in [-0.05, 0) is 52.0 Å². The summed E-state index contributed by atoms with van der Waals surface area (Å²) in [5.74, 6) is 1.50. The minimum Gasteiger partial charge on any atom is -0.466 e. The summed E-state index contributed by atoms with van der Waals surface area (Å²) >= 11 is 0. The standard InChI is InChI=1S/C25H24N4O2/c1-16-20-22(28(26-16)18-11-7-5-8-12-18)30-25(4)15-24(20,3)31-23-21(25)17(2)27-29(23)19-13-9-6-10-14-19/h5-14H,15H2,1-4H3/t24-,25+.